The number of thioether (sulfide) groups is 2. The first-order valence-electron chi connectivity index (χ1n) is 10.7. The van der Waals surface area contributed by atoms with Gasteiger partial charge in [0.2, 0.25) is 0 Å². The Morgan fingerprint density at radius 3 is 2.69 bits per heavy atom. The summed E-state index contributed by atoms with van der Waals surface area (Å²) in [5.74, 6) is -0.908. The van der Waals surface area contributed by atoms with Crippen molar-refractivity contribution in [3.8, 4) is 0 Å². The maximum Gasteiger partial charge on any atom is 0.333 e. The summed E-state index contributed by atoms with van der Waals surface area (Å²) in [6.07, 6.45) is 0.294. The van der Waals surface area contributed by atoms with Crippen LogP contribution in [0, 0.1) is 23.7 Å². The summed E-state index contributed by atoms with van der Waals surface area (Å²) < 4.78 is 0. The summed E-state index contributed by atoms with van der Waals surface area (Å²) in [5.41, 5.74) is 0.303. The van der Waals surface area contributed by atoms with Crippen molar-refractivity contribution in [2.24, 2.45) is 23.7 Å². The Bertz CT molecular complexity index is 725. The lowest BCUT2D eigenvalue weighted by atomic mass is 9.59. The summed E-state index contributed by atoms with van der Waals surface area (Å²) in [4.78, 5) is 28.0. The summed E-state index contributed by atoms with van der Waals surface area (Å²) in [7, 11) is 0. The molecule has 1 saturated carbocycles. The second-order valence-corrected chi connectivity index (χ2v) is 11.7. The Kier molecular flexibility index (Phi) is 6.12. The van der Waals surface area contributed by atoms with Gasteiger partial charge in [0, 0.05) is 42.1 Å². The van der Waals surface area contributed by atoms with Gasteiger partial charge in [-0.05, 0) is 43.9 Å². The van der Waals surface area contributed by atoms with Crippen molar-refractivity contribution in [1.82, 2.24) is 10.2 Å². The maximum atomic E-state index is 12.6. The zero-order chi connectivity index (χ0) is 21.0. The highest BCUT2D eigenvalue weighted by Crippen LogP contribution is 2.59. The zero-order valence-corrected chi connectivity index (χ0v) is 19.1. The van der Waals surface area contributed by atoms with Crippen molar-refractivity contribution < 1.29 is 19.8 Å². The molecule has 0 bridgehead atoms. The Balaban J connectivity index is 1.48. The van der Waals surface area contributed by atoms with Crippen LogP contribution in [0.3, 0.4) is 0 Å². The molecule has 8 atom stereocenters. The number of carbonyl (C=O) groups excluding carboxylic acids is 1. The van der Waals surface area contributed by atoms with Crippen LogP contribution in [-0.2, 0) is 9.59 Å². The molecule has 8 heteroatoms. The van der Waals surface area contributed by atoms with Gasteiger partial charge in [-0.1, -0.05) is 6.92 Å². The Labute approximate surface area is 181 Å². The van der Waals surface area contributed by atoms with Crippen molar-refractivity contribution in [3.63, 3.8) is 0 Å². The lowest BCUT2D eigenvalue weighted by Gasteiger charge is -2.43. The Morgan fingerprint density at radius 2 is 2.07 bits per heavy atom. The fourth-order valence-corrected chi connectivity index (χ4v) is 8.87. The largest absolute Gasteiger partial charge is 0.478 e. The molecule has 0 aromatic carbocycles. The van der Waals surface area contributed by atoms with Gasteiger partial charge in [0.25, 0.3) is 0 Å². The smallest absolute Gasteiger partial charge is 0.333 e. The van der Waals surface area contributed by atoms with E-state index in [1.54, 1.807) is 18.7 Å². The second kappa shape index (κ2) is 8.19. The molecular formula is C21H32N2O4S2. The average Bonchev–Trinajstić information content (AvgIpc) is 3.33. The Morgan fingerprint density at radius 1 is 1.34 bits per heavy atom. The van der Waals surface area contributed by atoms with Crippen LogP contribution in [0.4, 0.5) is 0 Å². The van der Waals surface area contributed by atoms with Gasteiger partial charge in [0.1, 0.15) is 5.78 Å². The number of nitrogens with zero attached hydrogens (tertiary/aromatic N) is 1. The van der Waals surface area contributed by atoms with Crippen LogP contribution in [0.2, 0.25) is 0 Å². The minimum atomic E-state index is -0.968. The fourth-order valence-electron chi connectivity index (χ4n) is 5.77. The van der Waals surface area contributed by atoms with Crippen LogP contribution >= 0.6 is 23.5 Å². The van der Waals surface area contributed by atoms with Crippen molar-refractivity contribution in [2.75, 3.05) is 18.8 Å². The number of aliphatic carboxylic acids is 1. The number of hydrogen-bond donors (Lipinski definition) is 3. The molecule has 162 valence electrons. The molecule has 4 rings (SSSR count). The van der Waals surface area contributed by atoms with E-state index in [0.717, 1.165) is 30.2 Å². The number of fused-ring (bicyclic) bond motifs is 1. The molecule has 0 radical (unpaired) electrons. The van der Waals surface area contributed by atoms with Crippen molar-refractivity contribution in [3.05, 3.63) is 10.5 Å². The molecule has 4 aliphatic rings. The number of carbonyl (C=O) groups is 2. The second-order valence-electron chi connectivity index (χ2n) is 9.18. The monoisotopic (exact) mass is 440 g/mol. The van der Waals surface area contributed by atoms with E-state index < -0.39 is 23.9 Å². The van der Waals surface area contributed by atoms with Crippen LogP contribution in [0.5, 0.6) is 0 Å². The maximum absolute atomic E-state index is 12.6. The Hall–Kier alpha value is -0.540. The van der Waals surface area contributed by atoms with E-state index >= 15 is 0 Å². The number of carboxylic acid groups (broad SMARTS) is 1. The molecule has 3 N–H and O–H groups in total. The first kappa shape index (κ1) is 21.7. The van der Waals surface area contributed by atoms with E-state index in [-0.39, 0.29) is 17.6 Å². The number of aliphatic hydroxyl groups excluding tert-OH is 1. The number of Topliss-reactive ketones (excluding diaryl/α,β-unsaturated/α-hetero) is 1. The SMILES string of the molecule is CC(O)C1C(=O)C2C(C(=O)O)=C(SC3CNC(C4SCCN4C(C)C)C3)C(C)C21. The standard InChI is InChI=1S/C21H32N2O4S2/c1-9(2)23-5-6-28-20(23)13-7-12(8-22-13)29-19-10(3)14-15(11(4)24)18(25)16(14)17(19)21(26)27/h9-16,20,22,24H,5-8H2,1-4H3,(H,26,27). The van der Waals surface area contributed by atoms with Gasteiger partial charge < -0.3 is 15.5 Å². The lowest BCUT2D eigenvalue weighted by Crippen LogP contribution is -2.53. The molecular weight excluding hydrogens is 408 g/mol. The van der Waals surface area contributed by atoms with E-state index in [1.165, 1.54) is 0 Å². The molecule has 2 aliphatic carbocycles. The first-order valence-corrected chi connectivity index (χ1v) is 12.6. The number of nitrogens with one attached hydrogen (secondary N) is 1. The molecule has 8 unspecified atom stereocenters. The highest BCUT2D eigenvalue weighted by molar-refractivity contribution is 8.03. The van der Waals surface area contributed by atoms with Crippen molar-refractivity contribution in [1.29, 1.82) is 0 Å². The van der Waals surface area contributed by atoms with Gasteiger partial charge in [-0.25, -0.2) is 4.79 Å². The summed E-state index contributed by atoms with van der Waals surface area (Å²) in [5, 5.41) is 24.3. The van der Waals surface area contributed by atoms with Crippen molar-refractivity contribution in [2.45, 2.75) is 62.9 Å². The first-order chi connectivity index (χ1) is 13.7. The number of carboxylic acids is 1. The topological polar surface area (TPSA) is 89.9 Å². The number of ketones is 1. The van der Waals surface area contributed by atoms with Crippen LogP contribution < -0.4 is 5.32 Å². The van der Waals surface area contributed by atoms with E-state index in [2.05, 4.69) is 24.1 Å². The van der Waals surface area contributed by atoms with Crippen LogP contribution in [0.1, 0.15) is 34.1 Å². The van der Waals surface area contributed by atoms with Crippen LogP contribution in [0.25, 0.3) is 0 Å². The van der Waals surface area contributed by atoms with Gasteiger partial charge in [-0.3, -0.25) is 9.69 Å². The highest BCUT2D eigenvalue weighted by atomic mass is 32.2. The molecule has 29 heavy (non-hydrogen) atoms. The average molecular weight is 441 g/mol. The fraction of sp³-hybridized carbons (Fsp3) is 0.810. The van der Waals surface area contributed by atoms with E-state index in [1.807, 2.05) is 18.7 Å². The molecule has 0 aromatic rings. The summed E-state index contributed by atoms with van der Waals surface area (Å²) in [6.45, 7) is 10.2. The minimum absolute atomic E-state index is 0.0143. The van der Waals surface area contributed by atoms with E-state index in [0.29, 0.717) is 28.3 Å². The number of aliphatic hydroxyl groups is 1. The summed E-state index contributed by atoms with van der Waals surface area (Å²) >= 11 is 3.69. The van der Waals surface area contributed by atoms with Gasteiger partial charge in [0.15, 0.2) is 0 Å². The molecule has 0 spiro atoms. The van der Waals surface area contributed by atoms with Crippen molar-refractivity contribution >= 4 is 35.3 Å². The van der Waals surface area contributed by atoms with E-state index in [9.17, 15) is 19.8 Å². The molecule has 2 aliphatic heterocycles. The number of allylic oxidation sites excluding steroid dienone is 1. The van der Waals surface area contributed by atoms with Crippen LogP contribution in [-0.4, -0.2) is 74.5 Å². The minimum Gasteiger partial charge on any atom is -0.478 e. The van der Waals surface area contributed by atoms with Gasteiger partial charge in [-0.15, -0.1) is 23.5 Å². The predicted octanol–water partition coefficient (Wildman–Crippen LogP) is 2.03. The third-order valence-electron chi connectivity index (χ3n) is 7.14. The zero-order valence-electron chi connectivity index (χ0n) is 17.5. The lowest BCUT2D eigenvalue weighted by molar-refractivity contribution is -0.151. The highest BCUT2D eigenvalue weighted by Gasteiger charge is 2.61. The molecule has 3 fully saturated rings. The van der Waals surface area contributed by atoms with Gasteiger partial charge >= 0.3 is 5.97 Å². The third-order valence-corrected chi connectivity index (χ3v) is 10.0. The van der Waals surface area contributed by atoms with Gasteiger partial charge in [-0.2, -0.15) is 0 Å². The molecule has 0 amide bonds. The van der Waals surface area contributed by atoms with Crippen LogP contribution in [0.15, 0.2) is 10.5 Å². The molecule has 2 saturated heterocycles. The molecule has 0 aromatic heterocycles. The predicted molar refractivity (Wildman–Crippen MR) is 117 cm³/mol. The normalized spacial score (nSPS) is 41.2. The summed E-state index contributed by atoms with van der Waals surface area (Å²) in [6, 6.07) is 0.940. The van der Waals surface area contributed by atoms with Gasteiger partial charge in [0.05, 0.1) is 23.0 Å². The number of hydrogen-bond acceptors (Lipinski definition) is 7. The molecule has 2 heterocycles. The number of rotatable bonds is 6. The third kappa shape index (κ3) is 3.59. The van der Waals surface area contributed by atoms with E-state index in [4.69, 9.17) is 0 Å². The quantitative estimate of drug-likeness (QED) is 0.578. The molecule has 6 nitrogen and oxygen atoms in total.